The standard InChI is InChI=1S/C4H6/c1-4(2)3/h1-3H2. The van der Waals surface area contributed by atoms with E-state index in [4.69, 9.17) is 0 Å². The molecule has 0 aliphatic rings. The molecule has 0 nitrogen and oxygen atoms in total. The monoisotopic (exact) mass is 54.0 g/mol. The van der Waals surface area contributed by atoms with Crippen molar-refractivity contribution >= 4 is 0 Å². The Kier molecular flexibility index (Phi) is 0.768. The normalized spacial score (nSPS) is 6.00. The van der Waals surface area contributed by atoms with Gasteiger partial charge in [-0.05, 0) is 5.57 Å². The van der Waals surface area contributed by atoms with Crippen LogP contribution in [0.4, 0.5) is 0 Å². The topological polar surface area (TPSA) is 0 Å². The fourth-order valence-corrected chi connectivity index (χ4v) is 0. The summed E-state index contributed by atoms with van der Waals surface area (Å²) >= 11 is 0. The molecular weight excluding hydrogens is 48.0 g/mol. The Morgan fingerprint density at radius 3 is 2.00 bits per heavy atom. The summed E-state index contributed by atoms with van der Waals surface area (Å²) < 4.78 is 0. The number of allylic oxidation sites excluding steroid dienone is 1. The first-order chi connectivity index (χ1) is 1.73. The van der Waals surface area contributed by atoms with Crippen LogP contribution in [0.5, 0.6) is 0 Å². The number of hydrogen-bond donors (Lipinski definition) is 0. The average Bonchev–Trinajstić information content (AvgIpc) is 0.811. The highest BCUT2D eigenvalue weighted by Gasteiger charge is 1.51. The van der Waals surface area contributed by atoms with Crippen LogP contribution >= 0.6 is 0 Å². The van der Waals surface area contributed by atoms with Gasteiger partial charge in [0.05, 0.1) is 0 Å². The highest BCUT2D eigenvalue weighted by Crippen LogP contribution is 1.71. The van der Waals surface area contributed by atoms with Crippen molar-refractivity contribution in [3.63, 3.8) is 0 Å². The van der Waals surface area contributed by atoms with Crippen LogP contribution in [0.25, 0.3) is 0 Å². The van der Waals surface area contributed by atoms with Gasteiger partial charge in [-0.25, -0.2) is 0 Å². The SMILES string of the molecule is C=C([CH2+])[CH2-]. The Morgan fingerprint density at radius 1 is 2.00 bits per heavy atom. The first-order valence-corrected chi connectivity index (χ1v) is 1.06. The van der Waals surface area contributed by atoms with Crippen LogP contribution in [0.3, 0.4) is 0 Å². The summed E-state index contributed by atoms with van der Waals surface area (Å²) in [6, 6.07) is 0. The molecule has 0 heteroatoms. The van der Waals surface area contributed by atoms with E-state index in [0.29, 0.717) is 5.57 Å². The largest absolute Gasteiger partial charge is 0.0930 e. The number of rotatable bonds is 0. The molecule has 0 saturated carbocycles. The molecule has 0 aliphatic carbocycles. The molecule has 0 spiro atoms. The van der Waals surface area contributed by atoms with E-state index in [9.17, 15) is 0 Å². The molecular formula is C4H6. The summed E-state index contributed by atoms with van der Waals surface area (Å²) in [6.45, 7) is 10.0. The zero-order valence-corrected chi connectivity index (χ0v) is 2.62. The second-order valence-corrected chi connectivity index (χ2v) is 0.750. The van der Waals surface area contributed by atoms with E-state index in [1.165, 1.54) is 0 Å². The van der Waals surface area contributed by atoms with E-state index in [2.05, 4.69) is 20.4 Å². The van der Waals surface area contributed by atoms with Gasteiger partial charge in [-0.3, -0.25) is 0 Å². The van der Waals surface area contributed by atoms with Crippen molar-refractivity contribution in [2.75, 3.05) is 0 Å². The van der Waals surface area contributed by atoms with Crippen LogP contribution in [0.2, 0.25) is 0 Å². The lowest BCUT2D eigenvalue weighted by molar-refractivity contribution is 1.82. The molecule has 0 N–H and O–H groups in total. The molecule has 0 aromatic carbocycles. The second kappa shape index (κ2) is 0.883. The molecule has 0 amide bonds. The van der Waals surface area contributed by atoms with E-state index in [0.717, 1.165) is 0 Å². The van der Waals surface area contributed by atoms with Gasteiger partial charge in [-0.15, -0.1) is 0 Å². The van der Waals surface area contributed by atoms with Crippen LogP contribution in [-0.4, -0.2) is 0 Å². The minimum absolute atomic E-state index is 0.667. The third-order valence-electron chi connectivity index (χ3n) is 0. The molecule has 0 unspecified atom stereocenters. The lowest BCUT2D eigenvalue weighted by atomic mass is 10.4. The van der Waals surface area contributed by atoms with Crippen molar-refractivity contribution in [3.05, 3.63) is 26.0 Å². The van der Waals surface area contributed by atoms with Crippen LogP contribution in [-0.2, 0) is 0 Å². The van der Waals surface area contributed by atoms with Crippen LogP contribution in [0.15, 0.2) is 12.2 Å². The molecule has 0 bridgehead atoms. The maximum Gasteiger partial charge on any atom is -0.0473 e. The first kappa shape index (κ1) is 3.48. The summed E-state index contributed by atoms with van der Waals surface area (Å²) in [4.78, 5) is 0. The van der Waals surface area contributed by atoms with Gasteiger partial charge in [0, 0.05) is 0 Å². The zero-order chi connectivity index (χ0) is 3.58. The van der Waals surface area contributed by atoms with Crippen LogP contribution < -0.4 is 0 Å². The Hall–Kier alpha value is -0.520. The minimum atomic E-state index is 0.667. The lowest BCUT2D eigenvalue weighted by Gasteiger charge is -1.65. The Bertz CT molecular complexity index is 23.0. The van der Waals surface area contributed by atoms with E-state index < -0.39 is 0 Å². The molecule has 0 aromatic heterocycles. The summed E-state index contributed by atoms with van der Waals surface area (Å²) in [7, 11) is 0. The maximum absolute atomic E-state index is 3.33. The smallest absolute Gasteiger partial charge is 0.0473 e. The van der Waals surface area contributed by atoms with Gasteiger partial charge in [0.15, 0.2) is 0 Å². The van der Waals surface area contributed by atoms with Crippen molar-refractivity contribution in [1.82, 2.24) is 0 Å². The maximum atomic E-state index is 3.33. The predicted octanol–water partition coefficient (Wildman–Crippen LogP) is 1.21. The fourth-order valence-electron chi connectivity index (χ4n) is 0. The highest BCUT2D eigenvalue weighted by atomic mass is 13.6. The quantitative estimate of drug-likeness (QED) is 0.365. The van der Waals surface area contributed by atoms with Crippen molar-refractivity contribution in [2.24, 2.45) is 0 Å². The van der Waals surface area contributed by atoms with Crippen molar-refractivity contribution in [1.29, 1.82) is 0 Å². The predicted molar refractivity (Wildman–Crippen MR) is 19.9 cm³/mol. The molecule has 0 atom stereocenters. The average molecular weight is 54.1 g/mol. The lowest BCUT2D eigenvalue weighted by Crippen LogP contribution is -1.46. The van der Waals surface area contributed by atoms with Gasteiger partial charge in [0.25, 0.3) is 0 Å². The van der Waals surface area contributed by atoms with Crippen molar-refractivity contribution in [2.45, 2.75) is 0 Å². The molecule has 22 valence electrons. The van der Waals surface area contributed by atoms with Crippen molar-refractivity contribution in [3.8, 4) is 0 Å². The van der Waals surface area contributed by atoms with Gasteiger partial charge >= 0.3 is 0 Å². The van der Waals surface area contributed by atoms with E-state index in [-0.39, 0.29) is 0 Å². The van der Waals surface area contributed by atoms with Gasteiger partial charge < -0.3 is 0 Å². The van der Waals surface area contributed by atoms with Gasteiger partial charge in [0.1, 0.15) is 0 Å². The third-order valence-corrected chi connectivity index (χ3v) is 0. The molecule has 4 heavy (non-hydrogen) atoms. The summed E-state index contributed by atoms with van der Waals surface area (Å²) in [5.41, 5.74) is 0.667. The number of hydrogen-bond acceptors (Lipinski definition) is 0. The summed E-state index contributed by atoms with van der Waals surface area (Å²) in [5, 5.41) is 0. The third kappa shape index (κ3) is 1.26. The first-order valence-electron chi connectivity index (χ1n) is 1.06. The van der Waals surface area contributed by atoms with E-state index >= 15 is 0 Å². The van der Waals surface area contributed by atoms with E-state index in [1.807, 2.05) is 0 Å². The second-order valence-electron chi connectivity index (χ2n) is 0.750. The van der Waals surface area contributed by atoms with Crippen LogP contribution in [0, 0.1) is 13.8 Å². The summed E-state index contributed by atoms with van der Waals surface area (Å²) in [6.07, 6.45) is 0. The molecule has 0 rings (SSSR count). The molecule has 0 saturated heterocycles. The van der Waals surface area contributed by atoms with Gasteiger partial charge in [-0.1, -0.05) is 20.4 Å². The van der Waals surface area contributed by atoms with Gasteiger partial charge in [0.2, 0.25) is 0 Å². The van der Waals surface area contributed by atoms with E-state index in [1.54, 1.807) is 0 Å². The summed E-state index contributed by atoms with van der Waals surface area (Å²) in [5.74, 6) is 0. The minimum Gasteiger partial charge on any atom is -0.0930 e. The molecule has 0 aromatic rings. The Labute approximate surface area is 27.1 Å². The zero-order valence-electron chi connectivity index (χ0n) is 2.62. The van der Waals surface area contributed by atoms with Gasteiger partial charge in [-0.2, -0.15) is 0 Å². The fraction of sp³-hybridized carbons (Fsp3) is 0. The molecule has 0 heterocycles. The van der Waals surface area contributed by atoms with Crippen LogP contribution in [0.1, 0.15) is 0 Å². The highest BCUT2D eigenvalue weighted by molar-refractivity contribution is 4.99. The Balaban J connectivity index is 2.80. The molecule has 0 fully saturated rings. The Morgan fingerprint density at radius 2 is 2.00 bits per heavy atom. The van der Waals surface area contributed by atoms with Crippen molar-refractivity contribution < 1.29 is 0 Å². The molecule has 0 radical (unpaired) electrons. The molecule has 0 aliphatic heterocycles.